The number of anilines is 1. The highest BCUT2D eigenvalue weighted by molar-refractivity contribution is 5.75. The van der Waals surface area contributed by atoms with Crippen molar-refractivity contribution in [2.75, 3.05) is 18.9 Å². The fraction of sp³-hybridized carbons (Fsp3) is 0.710. The molecule has 4 N–H and O–H groups in total. The average molecular weight is 573 g/mol. The van der Waals surface area contributed by atoms with Gasteiger partial charge in [-0.2, -0.15) is 4.98 Å². The number of carbonyl (C=O) groups excluding carboxylic acids is 2. The van der Waals surface area contributed by atoms with Crippen LogP contribution in [0.1, 0.15) is 104 Å². The second kappa shape index (κ2) is 20.0. The molecule has 0 bridgehead atoms. The van der Waals surface area contributed by atoms with E-state index in [1.807, 2.05) is 18.4 Å². The Morgan fingerprint density at radius 1 is 0.976 bits per heavy atom. The zero-order chi connectivity index (χ0) is 29.9. The van der Waals surface area contributed by atoms with Crippen molar-refractivity contribution in [3.8, 4) is 0 Å². The van der Waals surface area contributed by atoms with Gasteiger partial charge in [0, 0.05) is 18.9 Å². The molecule has 0 saturated heterocycles. The summed E-state index contributed by atoms with van der Waals surface area (Å²) in [5.41, 5.74) is 12.9. The molecule has 2 atom stereocenters. The Labute approximate surface area is 245 Å². The molecule has 0 aliphatic rings. The molecule has 0 amide bonds. The van der Waals surface area contributed by atoms with Crippen molar-refractivity contribution < 1.29 is 19.1 Å². The number of esters is 2. The summed E-state index contributed by atoms with van der Waals surface area (Å²) < 4.78 is 12.9. The molecule has 0 fully saturated rings. The monoisotopic (exact) mass is 572 g/mol. The van der Waals surface area contributed by atoms with Crippen LogP contribution in [0.2, 0.25) is 0 Å². The smallest absolute Gasteiger partial charge is 0.323 e. The molecule has 0 saturated carbocycles. The summed E-state index contributed by atoms with van der Waals surface area (Å²) in [7, 11) is 0. The third-order valence-corrected chi connectivity index (χ3v) is 7.22. The number of fused-ring (bicyclic) bond motifs is 1. The maximum Gasteiger partial charge on any atom is 0.323 e. The van der Waals surface area contributed by atoms with E-state index in [1.54, 1.807) is 12.5 Å². The number of carbonyl (C=O) groups is 2. The molecular weight excluding hydrogens is 520 g/mol. The number of rotatable bonds is 22. The minimum absolute atomic E-state index is 0.0267. The molecular formula is C31H52N6O4. The number of hydrogen-bond acceptors (Lipinski definition) is 9. The minimum atomic E-state index is -0.688. The quantitative estimate of drug-likeness (QED) is 0.102. The predicted octanol–water partition coefficient (Wildman–Crippen LogP) is 5.74. The van der Waals surface area contributed by atoms with Crippen molar-refractivity contribution in [3.63, 3.8) is 0 Å². The van der Waals surface area contributed by atoms with Gasteiger partial charge in [0.15, 0.2) is 5.65 Å². The molecule has 2 aromatic heterocycles. The van der Waals surface area contributed by atoms with Crippen LogP contribution in [0.4, 0.5) is 5.95 Å². The molecule has 0 aliphatic carbocycles. The van der Waals surface area contributed by atoms with E-state index in [-0.39, 0.29) is 37.0 Å². The van der Waals surface area contributed by atoms with Crippen LogP contribution in [-0.2, 0) is 25.6 Å². The van der Waals surface area contributed by atoms with Gasteiger partial charge in [-0.15, -0.1) is 0 Å². The first-order chi connectivity index (χ1) is 19.8. The van der Waals surface area contributed by atoms with Crippen molar-refractivity contribution in [1.29, 1.82) is 0 Å². The number of nitrogens with two attached hydrogens (primary N) is 2. The average Bonchev–Trinajstić information content (AvgIpc) is 3.34. The Morgan fingerprint density at radius 3 is 2.37 bits per heavy atom. The zero-order valence-corrected chi connectivity index (χ0v) is 25.4. The number of hydrogen-bond donors (Lipinski definition) is 2. The second-order valence-electron chi connectivity index (χ2n) is 11.2. The maximum absolute atomic E-state index is 12.3. The lowest BCUT2D eigenvalue weighted by atomic mass is 10.1. The van der Waals surface area contributed by atoms with Gasteiger partial charge in [-0.3, -0.25) is 9.59 Å². The van der Waals surface area contributed by atoms with Crippen LogP contribution in [0, 0.1) is 11.8 Å². The van der Waals surface area contributed by atoms with Crippen LogP contribution in [0.5, 0.6) is 0 Å². The normalized spacial score (nSPS) is 13.2. The standard InChI is InChI=1S/C31H52N6O4/c1-4-5-6-7-8-9-10-11-12-13-14-15-16-17-27(38)40-19-18-25(22-41-30(39)28(32)24(2)3)21-37-23-35-26-20-34-31(33)36-29(26)37/h9-10,20,23-25,28H,4-8,11-19,21-22,32H2,1-3H3,(H2,33,34,36)/t25?,28-/m0/s1. The van der Waals surface area contributed by atoms with E-state index in [9.17, 15) is 9.59 Å². The summed E-state index contributed by atoms with van der Waals surface area (Å²) >= 11 is 0. The fourth-order valence-electron chi connectivity index (χ4n) is 4.47. The van der Waals surface area contributed by atoms with Gasteiger partial charge in [0.2, 0.25) is 5.95 Å². The molecule has 41 heavy (non-hydrogen) atoms. The molecule has 10 heteroatoms. The van der Waals surface area contributed by atoms with E-state index in [1.165, 1.54) is 44.9 Å². The van der Waals surface area contributed by atoms with Crippen molar-refractivity contribution >= 4 is 29.1 Å². The minimum Gasteiger partial charge on any atom is -0.466 e. The highest BCUT2D eigenvalue weighted by Gasteiger charge is 2.22. The maximum atomic E-state index is 12.3. The van der Waals surface area contributed by atoms with E-state index >= 15 is 0 Å². The SMILES string of the molecule is CCCCCCC=CCCCCCCCC(=O)OCCC(COC(=O)[C@@H](N)C(C)C)Cn1cnc2cnc(N)nc21. The largest absolute Gasteiger partial charge is 0.466 e. The highest BCUT2D eigenvalue weighted by atomic mass is 16.5. The Hall–Kier alpha value is -3.01. The van der Waals surface area contributed by atoms with Crippen LogP contribution in [0.3, 0.4) is 0 Å². The van der Waals surface area contributed by atoms with Gasteiger partial charge in [-0.05, 0) is 44.4 Å². The van der Waals surface area contributed by atoms with Crippen molar-refractivity contribution in [2.45, 2.75) is 117 Å². The number of nitrogens with zero attached hydrogens (tertiary/aromatic N) is 4. The Morgan fingerprint density at radius 2 is 1.66 bits per heavy atom. The van der Waals surface area contributed by atoms with Crippen LogP contribution in [0.25, 0.3) is 11.2 Å². The topological polar surface area (TPSA) is 148 Å². The molecule has 2 rings (SSSR count). The molecule has 0 aliphatic heterocycles. The molecule has 10 nitrogen and oxygen atoms in total. The molecule has 0 radical (unpaired) electrons. The first-order valence-electron chi connectivity index (χ1n) is 15.5. The summed E-state index contributed by atoms with van der Waals surface area (Å²) in [6.07, 6.45) is 21.8. The van der Waals surface area contributed by atoms with Crippen LogP contribution >= 0.6 is 0 Å². The van der Waals surface area contributed by atoms with E-state index in [0.29, 0.717) is 30.6 Å². The van der Waals surface area contributed by atoms with Gasteiger partial charge in [0.25, 0.3) is 0 Å². The first-order valence-corrected chi connectivity index (χ1v) is 15.5. The lowest BCUT2D eigenvalue weighted by Crippen LogP contribution is -2.38. The zero-order valence-electron chi connectivity index (χ0n) is 25.4. The molecule has 2 heterocycles. The molecule has 2 aromatic rings. The van der Waals surface area contributed by atoms with Gasteiger partial charge in [0.1, 0.15) is 11.6 Å². The molecule has 1 unspecified atom stereocenters. The number of imidazole rings is 1. The van der Waals surface area contributed by atoms with E-state index < -0.39 is 12.0 Å². The van der Waals surface area contributed by atoms with E-state index in [4.69, 9.17) is 20.9 Å². The molecule has 0 spiro atoms. The highest BCUT2D eigenvalue weighted by Crippen LogP contribution is 2.16. The Balaban J connectivity index is 1.69. The van der Waals surface area contributed by atoms with Crippen LogP contribution in [-0.4, -0.2) is 50.7 Å². The third kappa shape index (κ3) is 13.9. The van der Waals surface area contributed by atoms with Gasteiger partial charge in [-0.1, -0.05) is 71.4 Å². The predicted molar refractivity (Wildman–Crippen MR) is 163 cm³/mol. The summed E-state index contributed by atoms with van der Waals surface area (Å²) in [6, 6.07) is -0.688. The van der Waals surface area contributed by atoms with Gasteiger partial charge in [0.05, 0.1) is 25.7 Å². The number of ether oxygens (including phenoxy) is 2. The summed E-state index contributed by atoms with van der Waals surface area (Å²) in [5, 5.41) is 0. The lowest BCUT2D eigenvalue weighted by molar-refractivity contribution is -0.149. The fourth-order valence-corrected chi connectivity index (χ4v) is 4.47. The van der Waals surface area contributed by atoms with E-state index in [2.05, 4.69) is 34.0 Å². The summed E-state index contributed by atoms with van der Waals surface area (Å²) in [5.74, 6) is -0.639. The number of nitrogen functional groups attached to an aromatic ring is 1. The number of allylic oxidation sites excluding steroid dienone is 2. The number of unbranched alkanes of at least 4 members (excludes halogenated alkanes) is 9. The van der Waals surface area contributed by atoms with Crippen LogP contribution < -0.4 is 11.5 Å². The number of aromatic nitrogens is 4. The van der Waals surface area contributed by atoms with Crippen LogP contribution in [0.15, 0.2) is 24.7 Å². The lowest BCUT2D eigenvalue weighted by Gasteiger charge is -2.20. The summed E-state index contributed by atoms with van der Waals surface area (Å²) in [4.78, 5) is 37.2. The van der Waals surface area contributed by atoms with Gasteiger partial charge < -0.3 is 25.5 Å². The van der Waals surface area contributed by atoms with Gasteiger partial charge in [-0.25, -0.2) is 9.97 Å². The Bertz CT molecular complexity index is 1050. The first kappa shape index (κ1) is 34.2. The van der Waals surface area contributed by atoms with E-state index in [0.717, 1.165) is 25.7 Å². The molecule has 0 aromatic carbocycles. The van der Waals surface area contributed by atoms with Crippen molar-refractivity contribution in [2.24, 2.45) is 17.6 Å². The van der Waals surface area contributed by atoms with Crippen molar-refractivity contribution in [3.05, 3.63) is 24.7 Å². The summed E-state index contributed by atoms with van der Waals surface area (Å²) in [6.45, 7) is 6.83. The van der Waals surface area contributed by atoms with Gasteiger partial charge >= 0.3 is 11.9 Å². The Kier molecular flexibility index (Phi) is 16.6. The molecule has 230 valence electrons. The second-order valence-corrected chi connectivity index (χ2v) is 11.2. The van der Waals surface area contributed by atoms with Crippen molar-refractivity contribution in [1.82, 2.24) is 19.5 Å². The third-order valence-electron chi connectivity index (χ3n) is 7.22.